The van der Waals surface area contributed by atoms with E-state index in [1.165, 1.54) is 44.9 Å². The molecule has 0 aromatic heterocycles. The van der Waals surface area contributed by atoms with Crippen LogP contribution in [0.3, 0.4) is 0 Å². The van der Waals surface area contributed by atoms with Gasteiger partial charge in [-0.2, -0.15) is 0 Å². The van der Waals surface area contributed by atoms with E-state index < -0.39 is 78.4 Å². The summed E-state index contributed by atoms with van der Waals surface area (Å²) >= 11 is 0. The molecule has 0 fully saturated rings. The molecule has 15 nitrogen and oxygen atoms in total. The summed E-state index contributed by atoms with van der Waals surface area (Å²) in [5.74, 6) is -1.33. The molecule has 0 aromatic carbocycles. The maximum absolute atomic E-state index is 12.6. The van der Waals surface area contributed by atoms with Gasteiger partial charge >= 0.3 is 27.6 Å². The Balaban J connectivity index is 4.77. The van der Waals surface area contributed by atoms with Crippen LogP contribution in [-0.4, -0.2) is 92.8 Å². The monoisotopic (exact) mass is 882 g/mol. The minimum absolute atomic E-state index is 0.0596. The predicted molar refractivity (Wildman–Crippen MR) is 228 cm³/mol. The van der Waals surface area contributed by atoms with Crippen LogP contribution in [0.1, 0.15) is 155 Å². The number of aliphatic hydroxyl groups excluding tert-OH is 3. The first-order valence-electron chi connectivity index (χ1n) is 21.5. The summed E-state index contributed by atoms with van der Waals surface area (Å²) in [4.78, 5) is 52.7. The highest BCUT2D eigenvalue weighted by Crippen LogP contribution is 2.43. The Kier molecular flexibility index (Phi) is 36.5. The molecule has 344 valence electrons. The molecule has 5 atom stereocenters. The summed E-state index contributed by atoms with van der Waals surface area (Å²) in [5.41, 5.74) is 0. The van der Waals surface area contributed by atoms with E-state index in [1.54, 1.807) is 6.08 Å². The largest absolute Gasteiger partial charge is 0.472 e. The third kappa shape index (κ3) is 39.9. The van der Waals surface area contributed by atoms with Crippen molar-refractivity contribution in [1.29, 1.82) is 0 Å². The molecule has 0 aliphatic carbocycles. The molecule has 0 aromatic rings. The number of carbonyl (C=O) groups is 2. The fourth-order valence-corrected chi connectivity index (χ4v) is 6.60. The highest BCUT2D eigenvalue weighted by Gasteiger charge is 2.28. The summed E-state index contributed by atoms with van der Waals surface area (Å²) < 4.78 is 47.5. The number of aliphatic hydroxyl groups is 3. The molecule has 0 amide bonds. The molecule has 6 N–H and O–H groups in total. The van der Waals surface area contributed by atoms with Gasteiger partial charge in [0.05, 0.1) is 32.0 Å². The Hall–Kier alpha value is -2.00. The topological polar surface area (TPSA) is 236 Å². The lowest BCUT2D eigenvalue weighted by atomic mass is 10.0. The molecule has 3 unspecified atom stereocenters. The number of phosphoric acid groups is 2. The first kappa shape index (κ1) is 57.0. The van der Waals surface area contributed by atoms with Crippen LogP contribution in [0.5, 0.6) is 0 Å². The van der Waals surface area contributed by atoms with Gasteiger partial charge < -0.3 is 39.5 Å². The summed E-state index contributed by atoms with van der Waals surface area (Å²) in [7, 11) is -9.77. The van der Waals surface area contributed by atoms with Crippen LogP contribution < -0.4 is 0 Å². The number of ether oxygens (including phenoxy) is 2. The van der Waals surface area contributed by atoms with Crippen LogP contribution in [0.25, 0.3) is 0 Å². The molecule has 17 heteroatoms. The number of allylic oxidation sites excluding steroid dienone is 7. The number of hydrogen-bond donors (Lipinski definition) is 6. The third-order valence-electron chi connectivity index (χ3n) is 8.88. The zero-order chi connectivity index (χ0) is 44.0. The van der Waals surface area contributed by atoms with E-state index in [0.717, 1.165) is 51.4 Å². The van der Waals surface area contributed by atoms with Crippen molar-refractivity contribution in [2.75, 3.05) is 26.4 Å². The summed E-state index contributed by atoms with van der Waals surface area (Å²) in [6.45, 7) is 1.37. The molecule has 0 saturated heterocycles. The van der Waals surface area contributed by atoms with Gasteiger partial charge in [0.1, 0.15) is 12.7 Å². The number of phosphoric ester groups is 2. The predicted octanol–water partition coefficient (Wildman–Crippen LogP) is 8.61. The highest BCUT2D eigenvalue weighted by atomic mass is 31.2. The van der Waals surface area contributed by atoms with Crippen LogP contribution in [0.2, 0.25) is 0 Å². The third-order valence-corrected chi connectivity index (χ3v) is 10.3. The molecule has 0 bridgehead atoms. The Morgan fingerprint density at radius 3 is 1.68 bits per heavy atom. The lowest BCUT2D eigenvalue weighted by Crippen LogP contribution is -2.30. The normalized spacial score (nSPS) is 15.6. The van der Waals surface area contributed by atoms with Gasteiger partial charge in [0, 0.05) is 12.8 Å². The SMILES string of the molecule is CCCCC/C=C\C/C=C\C/C=C\CC(O)C(O)CCCC(=O)OC[C@H](COP(=O)(O)OC[C@@H](O)COP(=O)(O)O)OC(=O)CCCCCCC/C=C\CCCCCC. The Morgan fingerprint density at radius 2 is 1.03 bits per heavy atom. The van der Waals surface area contributed by atoms with E-state index in [2.05, 4.69) is 53.3 Å². The lowest BCUT2D eigenvalue weighted by molar-refractivity contribution is -0.161. The van der Waals surface area contributed by atoms with E-state index in [1.807, 2.05) is 12.2 Å². The Bertz CT molecular complexity index is 1270. The van der Waals surface area contributed by atoms with E-state index >= 15 is 0 Å². The van der Waals surface area contributed by atoms with Crippen LogP contribution in [0.4, 0.5) is 0 Å². The molecule has 0 radical (unpaired) electrons. The average molecular weight is 883 g/mol. The summed E-state index contributed by atoms with van der Waals surface area (Å²) in [6.07, 6.45) is 29.9. The van der Waals surface area contributed by atoms with Gasteiger partial charge in [0.15, 0.2) is 6.10 Å². The molecule has 0 aliphatic rings. The average Bonchev–Trinajstić information content (AvgIpc) is 3.19. The van der Waals surface area contributed by atoms with E-state index in [9.17, 15) is 38.9 Å². The second kappa shape index (κ2) is 37.7. The minimum Gasteiger partial charge on any atom is -0.462 e. The van der Waals surface area contributed by atoms with E-state index in [4.69, 9.17) is 23.8 Å². The fraction of sp³-hybridized carbons (Fsp3) is 0.762. The number of hydrogen-bond acceptors (Lipinski definition) is 12. The first-order valence-corrected chi connectivity index (χ1v) is 24.5. The molecule has 0 saturated carbocycles. The van der Waals surface area contributed by atoms with Gasteiger partial charge in [-0.25, -0.2) is 9.13 Å². The zero-order valence-corrected chi connectivity index (χ0v) is 37.4. The van der Waals surface area contributed by atoms with Gasteiger partial charge in [-0.15, -0.1) is 0 Å². The second-order valence-corrected chi connectivity index (χ2v) is 17.3. The van der Waals surface area contributed by atoms with Gasteiger partial charge in [-0.1, -0.05) is 114 Å². The summed E-state index contributed by atoms with van der Waals surface area (Å²) in [6, 6.07) is 0. The van der Waals surface area contributed by atoms with Crippen LogP contribution in [-0.2, 0) is 41.8 Å². The van der Waals surface area contributed by atoms with Crippen molar-refractivity contribution in [3.8, 4) is 0 Å². The number of rotatable bonds is 40. The Morgan fingerprint density at radius 1 is 0.542 bits per heavy atom. The van der Waals surface area contributed by atoms with Crippen LogP contribution in [0.15, 0.2) is 48.6 Å². The van der Waals surface area contributed by atoms with E-state index in [0.29, 0.717) is 12.8 Å². The maximum atomic E-state index is 12.6. The number of unbranched alkanes of at least 4 members (excludes halogenated alkanes) is 12. The van der Waals surface area contributed by atoms with E-state index in [-0.39, 0.29) is 32.1 Å². The maximum Gasteiger partial charge on any atom is 0.472 e. The van der Waals surface area contributed by atoms with Crippen molar-refractivity contribution in [2.45, 2.75) is 180 Å². The van der Waals surface area contributed by atoms with Crippen molar-refractivity contribution in [3.63, 3.8) is 0 Å². The first-order chi connectivity index (χ1) is 28.2. The van der Waals surface area contributed by atoms with Crippen molar-refractivity contribution < 1.29 is 71.8 Å². The number of esters is 2. The van der Waals surface area contributed by atoms with Crippen molar-refractivity contribution >= 4 is 27.6 Å². The Labute approximate surface area is 353 Å². The van der Waals surface area contributed by atoms with Gasteiger partial charge in [-0.3, -0.25) is 23.2 Å². The highest BCUT2D eigenvalue weighted by molar-refractivity contribution is 7.47. The van der Waals surface area contributed by atoms with Crippen molar-refractivity contribution in [3.05, 3.63) is 48.6 Å². The van der Waals surface area contributed by atoms with Gasteiger partial charge in [-0.05, 0) is 77.0 Å². The quantitative estimate of drug-likeness (QED) is 0.0146. The molecule has 0 aliphatic heterocycles. The molecule has 59 heavy (non-hydrogen) atoms. The molecule has 0 rings (SSSR count). The number of carbonyl (C=O) groups excluding carboxylic acids is 2. The molecular formula is C42H76O15P2. The molecule has 0 heterocycles. The lowest BCUT2D eigenvalue weighted by Gasteiger charge is -2.20. The minimum atomic E-state index is -4.89. The van der Waals surface area contributed by atoms with Crippen molar-refractivity contribution in [2.24, 2.45) is 0 Å². The standard InChI is InChI=1S/C42H76O15P2/c1-3-5-7-9-11-13-15-17-19-21-23-25-27-31-42(47)57-38(36-56-59(51,52)55-34-37(43)33-54-58(48,49)50)35-53-41(46)32-28-30-40(45)39(44)29-26-24-22-20-18-16-14-12-10-8-6-4-2/h12-15,18,20,24,26,37-40,43-45H,3-11,16-17,19,21-23,25,27-36H2,1-2H3,(H,51,52)(H2,48,49,50)/b14-12-,15-13-,20-18-,26-24-/t37-,38+,39?,40?/m0/s1. The second-order valence-electron chi connectivity index (χ2n) is 14.6. The van der Waals surface area contributed by atoms with Gasteiger partial charge in [0.2, 0.25) is 0 Å². The van der Waals surface area contributed by atoms with Crippen molar-refractivity contribution in [1.82, 2.24) is 0 Å². The molecule has 0 spiro atoms. The molecular weight excluding hydrogens is 806 g/mol. The van der Waals surface area contributed by atoms with Crippen LogP contribution in [0, 0.1) is 0 Å². The smallest absolute Gasteiger partial charge is 0.462 e. The van der Waals surface area contributed by atoms with Crippen LogP contribution >= 0.6 is 15.6 Å². The zero-order valence-electron chi connectivity index (χ0n) is 35.6. The van der Waals surface area contributed by atoms with Gasteiger partial charge in [0.25, 0.3) is 0 Å². The fourth-order valence-electron chi connectivity index (χ4n) is 5.44. The summed E-state index contributed by atoms with van der Waals surface area (Å²) in [5, 5.41) is 30.4.